The molecule has 1 aliphatic rings. The molecular formula is C9H18. The third kappa shape index (κ3) is 2.69. The summed E-state index contributed by atoms with van der Waals surface area (Å²) in [5, 5.41) is 0. The lowest BCUT2D eigenvalue weighted by atomic mass is 10.1. The predicted molar refractivity (Wildman–Crippen MR) is 43.5 cm³/mol. The van der Waals surface area contributed by atoms with Crippen molar-refractivity contribution < 1.29 is 0 Å². The van der Waals surface area contributed by atoms with Crippen molar-refractivity contribution in [1.29, 1.82) is 0 Å². The van der Waals surface area contributed by atoms with Crippen molar-refractivity contribution in [3.05, 3.63) is 12.2 Å². The Kier molecular flexibility index (Phi) is 4.47. The highest BCUT2D eigenvalue weighted by molar-refractivity contribution is 5.03. The van der Waals surface area contributed by atoms with Gasteiger partial charge in [0.2, 0.25) is 0 Å². The van der Waals surface area contributed by atoms with Gasteiger partial charge in [-0.1, -0.05) is 32.9 Å². The van der Waals surface area contributed by atoms with Gasteiger partial charge < -0.3 is 0 Å². The molecule has 0 aliphatic heterocycles. The molecule has 0 bridgehead atoms. The molecule has 0 radical (unpaired) electrons. The van der Waals surface area contributed by atoms with Gasteiger partial charge in [-0.2, -0.15) is 0 Å². The van der Waals surface area contributed by atoms with Crippen LogP contribution < -0.4 is 0 Å². The van der Waals surface area contributed by atoms with Gasteiger partial charge in [0.1, 0.15) is 0 Å². The molecule has 0 heteroatoms. The van der Waals surface area contributed by atoms with Crippen LogP contribution in [0.15, 0.2) is 12.2 Å². The maximum atomic E-state index is 3.94. The summed E-state index contributed by atoms with van der Waals surface area (Å²) in [7, 11) is 0. The van der Waals surface area contributed by atoms with Gasteiger partial charge in [-0.25, -0.2) is 0 Å². The van der Waals surface area contributed by atoms with Crippen LogP contribution in [0, 0.1) is 5.92 Å². The quantitative estimate of drug-likeness (QED) is 0.436. The second-order valence-electron chi connectivity index (χ2n) is 2.45. The molecule has 0 spiro atoms. The zero-order chi connectivity index (χ0) is 7.28. The highest BCUT2D eigenvalue weighted by Gasteiger charge is 2.12. The zero-order valence-corrected chi connectivity index (χ0v) is 6.91. The molecule has 1 unspecified atom stereocenters. The third-order valence-corrected chi connectivity index (χ3v) is 1.83. The Morgan fingerprint density at radius 3 is 2.11 bits per heavy atom. The van der Waals surface area contributed by atoms with Crippen molar-refractivity contribution in [3.63, 3.8) is 0 Å². The molecule has 1 atom stereocenters. The highest BCUT2D eigenvalue weighted by atomic mass is 14.2. The van der Waals surface area contributed by atoms with E-state index < -0.39 is 0 Å². The normalized spacial score (nSPS) is 25.2. The fourth-order valence-electron chi connectivity index (χ4n) is 1.09. The van der Waals surface area contributed by atoms with Crippen molar-refractivity contribution in [3.8, 4) is 0 Å². The molecule has 0 aromatic carbocycles. The lowest BCUT2D eigenvalue weighted by Crippen LogP contribution is -1.83. The monoisotopic (exact) mass is 126 g/mol. The molecule has 0 N–H and O–H groups in total. The first-order valence-electron chi connectivity index (χ1n) is 3.98. The van der Waals surface area contributed by atoms with E-state index in [9.17, 15) is 0 Å². The lowest BCUT2D eigenvalue weighted by molar-refractivity contribution is 0.697. The average molecular weight is 126 g/mol. The SMILES string of the molecule is C=C1CCCC1C.CC. The maximum Gasteiger partial charge on any atom is -0.0234 e. The highest BCUT2D eigenvalue weighted by Crippen LogP contribution is 2.28. The average Bonchev–Trinajstić information content (AvgIpc) is 2.23. The molecule has 0 nitrogen and oxygen atoms in total. The number of hydrogen-bond acceptors (Lipinski definition) is 0. The number of hydrogen-bond donors (Lipinski definition) is 0. The van der Waals surface area contributed by atoms with Gasteiger partial charge in [0, 0.05) is 0 Å². The molecule has 0 aromatic rings. The smallest absolute Gasteiger partial charge is 0.0234 e. The van der Waals surface area contributed by atoms with Gasteiger partial charge in [-0.3, -0.25) is 0 Å². The van der Waals surface area contributed by atoms with E-state index in [2.05, 4.69) is 13.5 Å². The van der Waals surface area contributed by atoms with Crippen LogP contribution in [0.1, 0.15) is 40.0 Å². The summed E-state index contributed by atoms with van der Waals surface area (Å²) >= 11 is 0. The molecule has 9 heavy (non-hydrogen) atoms. The maximum absolute atomic E-state index is 3.94. The minimum absolute atomic E-state index is 0.819. The Balaban J connectivity index is 0.000000291. The molecule has 1 rings (SSSR count). The summed E-state index contributed by atoms with van der Waals surface area (Å²) in [5.74, 6) is 0.819. The molecule has 0 heterocycles. The predicted octanol–water partition coefficient (Wildman–Crippen LogP) is 3.39. The van der Waals surface area contributed by atoms with E-state index in [0.29, 0.717) is 0 Å². The van der Waals surface area contributed by atoms with Crippen molar-refractivity contribution >= 4 is 0 Å². The first-order chi connectivity index (χ1) is 4.30. The first kappa shape index (κ1) is 8.74. The van der Waals surface area contributed by atoms with E-state index in [1.807, 2.05) is 13.8 Å². The summed E-state index contributed by atoms with van der Waals surface area (Å²) in [6, 6.07) is 0. The largest absolute Gasteiger partial charge is 0.0996 e. The van der Waals surface area contributed by atoms with Gasteiger partial charge in [0.15, 0.2) is 0 Å². The van der Waals surface area contributed by atoms with Crippen molar-refractivity contribution in [1.82, 2.24) is 0 Å². The summed E-state index contributed by atoms with van der Waals surface area (Å²) in [4.78, 5) is 0. The van der Waals surface area contributed by atoms with E-state index in [0.717, 1.165) is 5.92 Å². The molecular weight excluding hydrogens is 108 g/mol. The fraction of sp³-hybridized carbons (Fsp3) is 0.778. The molecule has 54 valence electrons. The van der Waals surface area contributed by atoms with Crippen LogP contribution in [-0.4, -0.2) is 0 Å². The minimum Gasteiger partial charge on any atom is -0.0996 e. The molecule has 1 fully saturated rings. The van der Waals surface area contributed by atoms with Gasteiger partial charge >= 0.3 is 0 Å². The zero-order valence-electron chi connectivity index (χ0n) is 6.91. The molecule has 1 aliphatic carbocycles. The van der Waals surface area contributed by atoms with Crippen LogP contribution in [0.25, 0.3) is 0 Å². The van der Waals surface area contributed by atoms with Gasteiger partial charge in [0.05, 0.1) is 0 Å². The van der Waals surface area contributed by atoms with Gasteiger partial charge in [-0.15, -0.1) is 0 Å². The van der Waals surface area contributed by atoms with Crippen molar-refractivity contribution in [2.75, 3.05) is 0 Å². The summed E-state index contributed by atoms with van der Waals surface area (Å²) in [6.45, 7) is 10.2. The Labute approximate surface area is 59.0 Å². The van der Waals surface area contributed by atoms with Crippen LogP contribution in [-0.2, 0) is 0 Å². The second-order valence-corrected chi connectivity index (χ2v) is 2.45. The number of rotatable bonds is 0. The van der Waals surface area contributed by atoms with Crippen LogP contribution >= 0.6 is 0 Å². The number of allylic oxidation sites excluding steroid dienone is 1. The van der Waals surface area contributed by atoms with E-state index in [1.165, 1.54) is 24.8 Å². The van der Waals surface area contributed by atoms with E-state index >= 15 is 0 Å². The van der Waals surface area contributed by atoms with Crippen molar-refractivity contribution in [2.24, 2.45) is 5.92 Å². The van der Waals surface area contributed by atoms with Crippen LogP contribution in [0.3, 0.4) is 0 Å². The van der Waals surface area contributed by atoms with Crippen LogP contribution in [0.5, 0.6) is 0 Å². The third-order valence-electron chi connectivity index (χ3n) is 1.83. The standard InChI is InChI=1S/C7H12.C2H6/c1-6-4-3-5-7(6)2;1-2/h7H,1,3-5H2,2H3;1-2H3. The second kappa shape index (κ2) is 4.60. The van der Waals surface area contributed by atoms with Crippen LogP contribution in [0.2, 0.25) is 0 Å². The molecule has 1 saturated carbocycles. The minimum atomic E-state index is 0.819. The Hall–Kier alpha value is -0.260. The Bertz CT molecular complexity index is 82.0. The Morgan fingerprint density at radius 1 is 1.44 bits per heavy atom. The lowest BCUT2D eigenvalue weighted by Gasteiger charge is -1.97. The van der Waals surface area contributed by atoms with E-state index in [-0.39, 0.29) is 0 Å². The van der Waals surface area contributed by atoms with E-state index in [1.54, 1.807) is 0 Å². The Morgan fingerprint density at radius 2 is 2.00 bits per heavy atom. The van der Waals surface area contributed by atoms with E-state index in [4.69, 9.17) is 0 Å². The summed E-state index contributed by atoms with van der Waals surface area (Å²) in [6.07, 6.45) is 4.03. The molecule has 0 amide bonds. The van der Waals surface area contributed by atoms with Gasteiger partial charge in [0.25, 0.3) is 0 Å². The fourth-order valence-corrected chi connectivity index (χ4v) is 1.09. The summed E-state index contributed by atoms with van der Waals surface area (Å²) in [5.41, 5.74) is 1.46. The molecule has 0 saturated heterocycles. The molecule has 0 aromatic heterocycles. The topological polar surface area (TPSA) is 0 Å². The van der Waals surface area contributed by atoms with Crippen molar-refractivity contribution in [2.45, 2.75) is 40.0 Å². The van der Waals surface area contributed by atoms with Gasteiger partial charge in [-0.05, 0) is 25.2 Å². The summed E-state index contributed by atoms with van der Waals surface area (Å²) < 4.78 is 0. The van der Waals surface area contributed by atoms with Crippen LogP contribution in [0.4, 0.5) is 0 Å². The first-order valence-corrected chi connectivity index (χ1v) is 3.98.